The molecule has 19 heavy (non-hydrogen) atoms. The Labute approximate surface area is 122 Å². The van der Waals surface area contributed by atoms with E-state index in [1.807, 2.05) is 36.4 Å². The van der Waals surface area contributed by atoms with Crippen molar-refractivity contribution < 1.29 is 0 Å². The molecule has 0 aliphatic heterocycles. The Bertz CT molecular complexity index is 809. The molecule has 0 saturated heterocycles. The van der Waals surface area contributed by atoms with Crippen molar-refractivity contribution in [2.24, 2.45) is 0 Å². The van der Waals surface area contributed by atoms with Crippen molar-refractivity contribution >= 4 is 38.4 Å². The van der Waals surface area contributed by atoms with Crippen molar-refractivity contribution in [1.29, 1.82) is 0 Å². The predicted molar refractivity (Wildman–Crippen MR) is 80.5 cm³/mol. The van der Waals surface area contributed by atoms with Gasteiger partial charge in [-0.15, -0.1) is 0 Å². The van der Waals surface area contributed by atoms with Gasteiger partial charge in [0.1, 0.15) is 0 Å². The fraction of sp³-hybridized carbons (Fsp3) is 0. The highest BCUT2D eigenvalue weighted by Gasteiger charge is 2.13. The summed E-state index contributed by atoms with van der Waals surface area (Å²) in [6, 6.07) is 13.0. The standard InChI is InChI=1S/C14H8BrClN2O/c15-9-5-3-6-10(16)12(9)13-8-4-1-2-7-11(8)17-14(19)18-13/h1-7H,(H,17,18,19). The first-order chi connectivity index (χ1) is 9.16. The summed E-state index contributed by atoms with van der Waals surface area (Å²) in [6.07, 6.45) is 0. The number of H-pyrrole nitrogens is 1. The number of nitrogens with one attached hydrogen (secondary N) is 1. The molecule has 0 bridgehead atoms. The van der Waals surface area contributed by atoms with Crippen LogP contribution in [0.4, 0.5) is 0 Å². The van der Waals surface area contributed by atoms with E-state index in [1.54, 1.807) is 6.07 Å². The predicted octanol–water partition coefficient (Wildman–Crippen LogP) is 4.01. The van der Waals surface area contributed by atoms with E-state index in [2.05, 4.69) is 25.9 Å². The number of benzene rings is 2. The van der Waals surface area contributed by atoms with Gasteiger partial charge in [0.25, 0.3) is 0 Å². The van der Waals surface area contributed by atoms with Gasteiger partial charge in [-0.2, -0.15) is 4.98 Å². The summed E-state index contributed by atoms with van der Waals surface area (Å²) >= 11 is 9.69. The lowest BCUT2D eigenvalue weighted by atomic mass is 10.1. The molecule has 0 saturated carbocycles. The summed E-state index contributed by atoms with van der Waals surface area (Å²) in [5.41, 5.74) is 1.66. The van der Waals surface area contributed by atoms with Gasteiger partial charge < -0.3 is 4.98 Å². The highest BCUT2D eigenvalue weighted by atomic mass is 79.9. The number of aromatic amines is 1. The zero-order chi connectivity index (χ0) is 13.4. The van der Waals surface area contributed by atoms with E-state index in [0.29, 0.717) is 10.7 Å². The SMILES string of the molecule is O=c1nc(-c2c(Cl)cccc2Br)c2ccccc2[nH]1. The summed E-state index contributed by atoms with van der Waals surface area (Å²) in [5, 5.41) is 1.41. The monoisotopic (exact) mass is 334 g/mol. The molecule has 0 fully saturated rings. The lowest BCUT2D eigenvalue weighted by molar-refractivity contribution is 1.12. The highest BCUT2D eigenvalue weighted by Crippen LogP contribution is 2.36. The quantitative estimate of drug-likeness (QED) is 0.730. The van der Waals surface area contributed by atoms with Crippen LogP contribution in [0.3, 0.4) is 0 Å². The van der Waals surface area contributed by atoms with Crippen LogP contribution in [0.15, 0.2) is 51.7 Å². The third-order valence-corrected chi connectivity index (χ3v) is 3.81. The van der Waals surface area contributed by atoms with Crippen LogP contribution >= 0.6 is 27.5 Å². The molecule has 1 heterocycles. The Kier molecular flexibility index (Phi) is 3.12. The second kappa shape index (κ2) is 4.79. The molecular formula is C14H8BrClN2O. The van der Waals surface area contributed by atoms with E-state index >= 15 is 0 Å². The van der Waals surface area contributed by atoms with Crippen LogP contribution in [0.1, 0.15) is 0 Å². The Balaban J connectivity index is 2.46. The van der Waals surface area contributed by atoms with Gasteiger partial charge in [0.05, 0.1) is 16.2 Å². The van der Waals surface area contributed by atoms with E-state index in [9.17, 15) is 4.79 Å². The number of halogens is 2. The van der Waals surface area contributed by atoms with Crippen molar-refractivity contribution in [1.82, 2.24) is 9.97 Å². The number of nitrogens with zero attached hydrogens (tertiary/aromatic N) is 1. The van der Waals surface area contributed by atoms with Gasteiger partial charge >= 0.3 is 5.69 Å². The van der Waals surface area contributed by atoms with Crippen LogP contribution in [-0.4, -0.2) is 9.97 Å². The molecule has 0 aliphatic rings. The fourth-order valence-corrected chi connectivity index (χ4v) is 2.95. The topological polar surface area (TPSA) is 45.8 Å². The van der Waals surface area contributed by atoms with Gasteiger partial charge in [0.15, 0.2) is 0 Å². The molecule has 0 radical (unpaired) electrons. The van der Waals surface area contributed by atoms with Crippen molar-refractivity contribution in [2.75, 3.05) is 0 Å². The minimum atomic E-state index is -0.388. The summed E-state index contributed by atoms with van der Waals surface area (Å²) in [4.78, 5) is 18.5. The maximum absolute atomic E-state index is 11.7. The zero-order valence-electron chi connectivity index (χ0n) is 9.65. The molecule has 0 aliphatic carbocycles. The van der Waals surface area contributed by atoms with Gasteiger partial charge in [0, 0.05) is 15.4 Å². The van der Waals surface area contributed by atoms with Gasteiger partial charge in [-0.25, -0.2) is 4.79 Å². The molecule has 94 valence electrons. The van der Waals surface area contributed by atoms with Gasteiger partial charge in [-0.1, -0.05) is 51.8 Å². The number of rotatable bonds is 1. The summed E-state index contributed by atoms with van der Waals surface area (Å²) < 4.78 is 0.809. The first kappa shape index (κ1) is 12.4. The van der Waals surface area contributed by atoms with E-state index < -0.39 is 0 Å². The van der Waals surface area contributed by atoms with Crippen molar-refractivity contribution in [3.63, 3.8) is 0 Å². The molecule has 1 aromatic heterocycles. The second-order valence-electron chi connectivity index (χ2n) is 4.03. The molecule has 5 heteroatoms. The summed E-state index contributed by atoms with van der Waals surface area (Å²) in [5.74, 6) is 0. The Morgan fingerprint density at radius 1 is 1.11 bits per heavy atom. The lowest BCUT2D eigenvalue weighted by Gasteiger charge is -2.09. The van der Waals surface area contributed by atoms with Gasteiger partial charge in [-0.05, 0) is 18.2 Å². The third kappa shape index (κ3) is 2.17. The van der Waals surface area contributed by atoms with E-state index in [-0.39, 0.29) is 5.69 Å². The van der Waals surface area contributed by atoms with E-state index in [4.69, 9.17) is 11.6 Å². The van der Waals surface area contributed by atoms with Crippen molar-refractivity contribution in [3.05, 3.63) is 62.4 Å². The zero-order valence-corrected chi connectivity index (χ0v) is 12.0. The third-order valence-electron chi connectivity index (χ3n) is 2.84. The fourth-order valence-electron chi connectivity index (χ4n) is 2.02. The van der Waals surface area contributed by atoms with Gasteiger partial charge in [0.2, 0.25) is 0 Å². The number of hydrogen-bond acceptors (Lipinski definition) is 2. The molecule has 3 rings (SSSR count). The average Bonchev–Trinajstić information content (AvgIpc) is 2.38. The molecule has 0 spiro atoms. The summed E-state index contributed by atoms with van der Waals surface area (Å²) in [6.45, 7) is 0. The molecule has 2 aromatic carbocycles. The van der Waals surface area contributed by atoms with Gasteiger partial charge in [-0.3, -0.25) is 0 Å². The first-order valence-electron chi connectivity index (χ1n) is 5.60. The number of hydrogen-bond donors (Lipinski definition) is 1. The van der Waals surface area contributed by atoms with Crippen LogP contribution in [-0.2, 0) is 0 Å². The minimum Gasteiger partial charge on any atom is -0.305 e. The number of fused-ring (bicyclic) bond motifs is 1. The van der Waals surface area contributed by atoms with Crippen LogP contribution in [0.2, 0.25) is 5.02 Å². The van der Waals surface area contributed by atoms with Crippen LogP contribution in [0, 0.1) is 0 Å². The largest absolute Gasteiger partial charge is 0.345 e. The second-order valence-corrected chi connectivity index (χ2v) is 5.29. The smallest absolute Gasteiger partial charge is 0.305 e. The first-order valence-corrected chi connectivity index (χ1v) is 6.77. The molecule has 1 N–H and O–H groups in total. The lowest BCUT2D eigenvalue weighted by Crippen LogP contribution is -2.11. The maximum atomic E-state index is 11.7. The van der Waals surface area contributed by atoms with Crippen molar-refractivity contribution in [2.45, 2.75) is 0 Å². The molecule has 0 amide bonds. The van der Waals surface area contributed by atoms with Crippen LogP contribution in [0.5, 0.6) is 0 Å². The Morgan fingerprint density at radius 3 is 2.68 bits per heavy atom. The molecule has 0 unspecified atom stereocenters. The maximum Gasteiger partial charge on any atom is 0.345 e. The van der Waals surface area contributed by atoms with Crippen LogP contribution in [0.25, 0.3) is 22.2 Å². The Hall–Kier alpha value is -1.65. The summed E-state index contributed by atoms with van der Waals surface area (Å²) in [7, 11) is 0. The van der Waals surface area contributed by atoms with E-state index in [1.165, 1.54) is 0 Å². The average molecular weight is 336 g/mol. The molecular weight excluding hydrogens is 328 g/mol. The number of aromatic nitrogens is 2. The Morgan fingerprint density at radius 2 is 1.89 bits per heavy atom. The van der Waals surface area contributed by atoms with E-state index in [0.717, 1.165) is 20.9 Å². The molecule has 0 atom stereocenters. The minimum absolute atomic E-state index is 0.388. The highest BCUT2D eigenvalue weighted by molar-refractivity contribution is 9.10. The normalized spacial score (nSPS) is 10.8. The molecule has 3 aromatic rings. The van der Waals surface area contributed by atoms with Crippen LogP contribution < -0.4 is 5.69 Å². The van der Waals surface area contributed by atoms with Crippen molar-refractivity contribution in [3.8, 4) is 11.3 Å². The molecule has 3 nitrogen and oxygen atoms in total. The number of para-hydroxylation sites is 1.